The fraction of sp³-hybridized carbons (Fsp3) is 0.333. The Balaban J connectivity index is 2.97. The molecule has 0 atom stereocenters. The second-order valence-corrected chi connectivity index (χ2v) is 3.26. The van der Waals surface area contributed by atoms with E-state index in [0.717, 1.165) is 16.8 Å². The Hall–Kier alpha value is -0.540. The van der Waals surface area contributed by atoms with Gasteiger partial charge in [-0.15, -0.1) is 0 Å². The minimum absolute atomic E-state index is 0.845. The van der Waals surface area contributed by atoms with Gasteiger partial charge in [0.2, 0.25) is 0 Å². The molecular weight excluding hydrogens is 218 g/mol. The number of methoxy groups -OCH3 is 1. The third-order valence-electron chi connectivity index (χ3n) is 1.63. The van der Waals surface area contributed by atoms with Gasteiger partial charge in [-0.25, -0.2) is 0 Å². The summed E-state index contributed by atoms with van der Waals surface area (Å²) >= 11 is 3.48. The molecule has 0 aromatic heterocycles. The molecule has 1 aromatic carbocycles. The van der Waals surface area contributed by atoms with Crippen molar-refractivity contribution in [2.75, 3.05) is 14.2 Å². The highest BCUT2D eigenvalue weighted by Crippen LogP contribution is 2.27. The zero-order chi connectivity index (χ0) is 8.97. The van der Waals surface area contributed by atoms with Gasteiger partial charge in [-0.3, -0.25) is 0 Å². The predicted octanol–water partition coefficient (Wildman–Crippen LogP) is 2.18. The molecule has 0 unspecified atom stereocenters. The fourth-order valence-electron chi connectivity index (χ4n) is 1.04. The van der Waals surface area contributed by atoms with Gasteiger partial charge in [-0.2, -0.15) is 0 Å². The maximum absolute atomic E-state index is 5.16. The normalized spacial score (nSPS) is 9.92. The lowest BCUT2D eigenvalue weighted by Gasteiger charge is -2.07. The molecule has 0 aliphatic carbocycles. The van der Waals surface area contributed by atoms with Crippen LogP contribution >= 0.6 is 15.9 Å². The van der Waals surface area contributed by atoms with E-state index >= 15 is 0 Å². The SMILES string of the molecule is CNCc1cccc(OC)c1Br. The first-order chi connectivity index (χ1) is 5.79. The zero-order valence-electron chi connectivity index (χ0n) is 7.23. The maximum Gasteiger partial charge on any atom is 0.133 e. The largest absolute Gasteiger partial charge is 0.496 e. The number of hydrogen-bond acceptors (Lipinski definition) is 2. The molecule has 2 nitrogen and oxygen atoms in total. The van der Waals surface area contributed by atoms with Gasteiger partial charge >= 0.3 is 0 Å². The van der Waals surface area contributed by atoms with Crippen molar-refractivity contribution in [2.24, 2.45) is 0 Å². The summed E-state index contributed by atoms with van der Waals surface area (Å²) < 4.78 is 6.19. The summed E-state index contributed by atoms with van der Waals surface area (Å²) in [5.74, 6) is 0.878. The smallest absolute Gasteiger partial charge is 0.133 e. The van der Waals surface area contributed by atoms with Crippen LogP contribution in [0.4, 0.5) is 0 Å². The lowest BCUT2D eigenvalue weighted by atomic mass is 10.2. The topological polar surface area (TPSA) is 21.3 Å². The standard InChI is InChI=1S/C9H12BrNO/c1-11-6-7-4-3-5-8(12-2)9(7)10/h3-5,11H,6H2,1-2H3. The zero-order valence-corrected chi connectivity index (χ0v) is 8.81. The van der Waals surface area contributed by atoms with E-state index in [2.05, 4.69) is 27.3 Å². The highest BCUT2D eigenvalue weighted by molar-refractivity contribution is 9.10. The van der Waals surface area contributed by atoms with Crippen molar-refractivity contribution >= 4 is 15.9 Å². The number of halogens is 1. The molecule has 0 fully saturated rings. The summed E-state index contributed by atoms with van der Waals surface area (Å²) in [5, 5.41) is 3.09. The molecule has 1 rings (SSSR count). The highest BCUT2D eigenvalue weighted by atomic mass is 79.9. The van der Waals surface area contributed by atoms with Crippen molar-refractivity contribution in [2.45, 2.75) is 6.54 Å². The molecule has 0 heterocycles. The van der Waals surface area contributed by atoms with Crippen LogP contribution in [0.15, 0.2) is 22.7 Å². The second kappa shape index (κ2) is 4.48. The first-order valence-corrected chi connectivity index (χ1v) is 4.55. The third kappa shape index (κ3) is 1.99. The summed E-state index contributed by atoms with van der Waals surface area (Å²) in [4.78, 5) is 0. The first kappa shape index (κ1) is 9.55. The molecule has 0 radical (unpaired) electrons. The summed E-state index contributed by atoms with van der Waals surface area (Å²) in [7, 11) is 3.59. The molecule has 0 aliphatic heterocycles. The summed E-state index contributed by atoms with van der Waals surface area (Å²) in [5.41, 5.74) is 1.21. The Kier molecular flexibility index (Phi) is 3.56. The molecular formula is C9H12BrNO. The third-order valence-corrected chi connectivity index (χ3v) is 2.53. The quantitative estimate of drug-likeness (QED) is 0.859. The molecule has 0 saturated heterocycles. The molecule has 0 saturated carbocycles. The van der Waals surface area contributed by atoms with Crippen LogP contribution in [0.2, 0.25) is 0 Å². The molecule has 0 amide bonds. The minimum Gasteiger partial charge on any atom is -0.496 e. The molecule has 0 spiro atoms. The van der Waals surface area contributed by atoms with Crippen LogP contribution < -0.4 is 10.1 Å². The molecule has 0 aliphatic rings. The lowest BCUT2D eigenvalue weighted by Crippen LogP contribution is -2.05. The maximum atomic E-state index is 5.16. The van der Waals surface area contributed by atoms with Crippen molar-refractivity contribution in [3.8, 4) is 5.75 Å². The van der Waals surface area contributed by atoms with Crippen molar-refractivity contribution in [3.05, 3.63) is 28.2 Å². The number of ether oxygens (including phenoxy) is 1. The van der Waals surface area contributed by atoms with Gasteiger partial charge in [0, 0.05) is 6.54 Å². The average molecular weight is 230 g/mol. The lowest BCUT2D eigenvalue weighted by molar-refractivity contribution is 0.411. The van der Waals surface area contributed by atoms with Gasteiger partial charge in [0.25, 0.3) is 0 Å². The van der Waals surface area contributed by atoms with Crippen LogP contribution in [0.25, 0.3) is 0 Å². The van der Waals surface area contributed by atoms with E-state index in [0.29, 0.717) is 0 Å². The Bertz CT molecular complexity index is 263. The van der Waals surface area contributed by atoms with E-state index in [1.54, 1.807) is 7.11 Å². The molecule has 1 aromatic rings. The number of benzene rings is 1. The minimum atomic E-state index is 0.845. The van der Waals surface area contributed by atoms with Crippen molar-refractivity contribution in [1.82, 2.24) is 5.32 Å². The molecule has 0 bridgehead atoms. The molecule has 66 valence electrons. The predicted molar refractivity (Wildman–Crippen MR) is 53.5 cm³/mol. The van der Waals surface area contributed by atoms with Gasteiger partial charge < -0.3 is 10.1 Å². The molecule has 12 heavy (non-hydrogen) atoms. The van der Waals surface area contributed by atoms with Crippen molar-refractivity contribution in [3.63, 3.8) is 0 Å². The Morgan fingerprint density at radius 1 is 1.50 bits per heavy atom. The van der Waals surface area contributed by atoms with Crippen molar-refractivity contribution in [1.29, 1.82) is 0 Å². The fourth-order valence-corrected chi connectivity index (χ4v) is 1.61. The number of rotatable bonds is 3. The monoisotopic (exact) mass is 229 g/mol. The van der Waals surface area contributed by atoms with E-state index < -0.39 is 0 Å². The number of hydrogen-bond donors (Lipinski definition) is 1. The summed E-state index contributed by atoms with van der Waals surface area (Å²) in [6.45, 7) is 0.845. The van der Waals surface area contributed by atoms with Crippen LogP contribution in [0.5, 0.6) is 5.75 Å². The summed E-state index contributed by atoms with van der Waals surface area (Å²) in [6, 6.07) is 5.97. The van der Waals surface area contributed by atoms with Crippen LogP contribution in [0.3, 0.4) is 0 Å². The summed E-state index contributed by atoms with van der Waals surface area (Å²) in [6.07, 6.45) is 0. The van der Waals surface area contributed by atoms with Gasteiger partial charge in [0.15, 0.2) is 0 Å². The number of nitrogens with one attached hydrogen (secondary N) is 1. The second-order valence-electron chi connectivity index (χ2n) is 2.46. The van der Waals surface area contributed by atoms with Gasteiger partial charge in [0.1, 0.15) is 5.75 Å². The Labute approximate surface area is 81.1 Å². The van der Waals surface area contributed by atoms with Crippen LogP contribution in [0.1, 0.15) is 5.56 Å². The van der Waals surface area contributed by atoms with E-state index in [9.17, 15) is 0 Å². The van der Waals surface area contributed by atoms with Gasteiger partial charge in [-0.1, -0.05) is 12.1 Å². The van der Waals surface area contributed by atoms with E-state index in [1.807, 2.05) is 19.2 Å². The van der Waals surface area contributed by atoms with E-state index in [4.69, 9.17) is 4.74 Å². The first-order valence-electron chi connectivity index (χ1n) is 3.75. The Morgan fingerprint density at radius 3 is 2.83 bits per heavy atom. The van der Waals surface area contributed by atoms with Gasteiger partial charge in [0.05, 0.1) is 11.6 Å². The molecule has 3 heteroatoms. The van der Waals surface area contributed by atoms with Crippen LogP contribution in [0, 0.1) is 0 Å². The van der Waals surface area contributed by atoms with E-state index in [-0.39, 0.29) is 0 Å². The van der Waals surface area contributed by atoms with Crippen LogP contribution in [-0.2, 0) is 6.54 Å². The Morgan fingerprint density at radius 2 is 2.25 bits per heavy atom. The highest BCUT2D eigenvalue weighted by Gasteiger charge is 2.03. The van der Waals surface area contributed by atoms with Gasteiger partial charge in [-0.05, 0) is 34.6 Å². The van der Waals surface area contributed by atoms with Crippen molar-refractivity contribution < 1.29 is 4.74 Å². The molecule has 1 N–H and O–H groups in total. The van der Waals surface area contributed by atoms with E-state index in [1.165, 1.54) is 5.56 Å². The average Bonchev–Trinajstić information content (AvgIpc) is 2.09. The van der Waals surface area contributed by atoms with Crippen LogP contribution in [-0.4, -0.2) is 14.2 Å².